The van der Waals surface area contributed by atoms with Gasteiger partial charge in [0.25, 0.3) is 0 Å². The van der Waals surface area contributed by atoms with Crippen LogP contribution in [0.25, 0.3) is 10.9 Å². The minimum absolute atomic E-state index is 0. The number of methoxy groups -OCH3 is 1. The highest BCUT2D eigenvalue weighted by atomic mass is 35.5. The highest BCUT2D eigenvalue weighted by molar-refractivity contribution is 6.42. The van der Waals surface area contributed by atoms with Gasteiger partial charge in [-0.15, -0.1) is 12.4 Å². The number of anilines is 2. The molecule has 2 aromatic carbocycles. The molecule has 1 N–H and O–H groups in total. The van der Waals surface area contributed by atoms with Gasteiger partial charge in [0.2, 0.25) is 0 Å². The summed E-state index contributed by atoms with van der Waals surface area (Å²) >= 11 is 11.8. The molecule has 0 radical (unpaired) electrons. The Kier molecular flexibility index (Phi) is 8.36. The lowest BCUT2D eigenvalue weighted by molar-refractivity contribution is -0.124. The number of ether oxygens (including phenoxy) is 4. The predicted octanol–water partition coefficient (Wildman–Crippen LogP) is 4.73. The summed E-state index contributed by atoms with van der Waals surface area (Å²) in [7, 11) is 1.55. The fourth-order valence-corrected chi connectivity index (χ4v) is 4.42. The zero-order chi connectivity index (χ0) is 23.7. The van der Waals surface area contributed by atoms with Crippen LogP contribution in [0.2, 0.25) is 10.0 Å². The Morgan fingerprint density at radius 2 is 2.06 bits per heavy atom. The molecule has 5 rings (SSSR count). The zero-order valence-electron chi connectivity index (χ0n) is 18.8. The molecule has 0 spiro atoms. The first-order valence-electron chi connectivity index (χ1n) is 10.8. The van der Waals surface area contributed by atoms with E-state index in [9.17, 15) is 4.39 Å². The second kappa shape index (κ2) is 11.3. The van der Waals surface area contributed by atoms with Crippen LogP contribution in [0.3, 0.4) is 0 Å². The minimum Gasteiger partial charge on any atom is -0.493 e. The average Bonchev–Trinajstić information content (AvgIpc) is 2.87. The monoisotopic (exact) mass is 544 g/mol. The standard InChI is InChI=1S/C23H23Cl2FN4O4.ClH/c1-31-19-6-15-18(27-12-28-23(15)29-17-3-2-16(24)21(25)22(17)26)7-20(19)34-11-14-8-30-4-5-32-9-13(30)10-33-14;/h2-3,6-7,12-14H,4-5,8-11H2,1H3,(H,27,28,29);1H/t13-,14-;/m0./s1. The second-order valence-corrected chi connectivity index (χ2v) is 8.87. The summed E-state index contributed by atoms with van der Waals surface area (Å²) in [6.07, 6.45) is 1.33. The van der Waals surface area contributed by atoms with Crippen molar-refractivity contribution in [2.45, 2.75) is 12.1 Å². The molecule has 2 fully saturated rings. The van der Waals surface area contributed by atoms with Gasteiger partial charge in [-0.1, -0.05) is 23.2 Å². The van der Waals surface area contributed by atoms with E-state index in [0.29, 0.717) is 54.1 Å². The number of nitrogens with one attached hydrogen (secondary N) is 1. The van der Waals surface area contributed by atoms with Crippen LogP contribution in [-0.2, 0) is 9.47 Å². The molecule has 0 bridgehead atoms. The summed E-state index contributed by atoms with van der Waals surface area (Å²) in [5.41, 5.74) is 0.746. The van der Waals surface area contributed by atoms with E-state index < -0.39 is 5.82 Å². The van der Waals surface area contributed by atoms with Gasteiger partial charge in [-0.2, -0.15) is 0 Å². The van der Waals surface area contributed by atoms with Gasteiger partial charge in [0.15, 0.2) is 17.3 Å². The van der Waals surface area contributed by atoms with Gasteiger partial charge >= 0.3 is 0 Å². The third-order valence-corrected chi connectivity index (χ3v) is 6.73. The molecule has 2 atom stereocenters. The van der Waals surface area contributed by atoms with Gasteiger partial charge in [-0.05, 0) is 18.2 Å². The highest BCUT2D eigenvalue weighted by Crippen LogP contribution is 2.36. The van der Waals surface area contributed by atoms with Crippen molar-refractivity contribution in [3.63, 3.8) is 0 Å². The molecule has 3 heterocycles. The van der Waals surface area contributed by atoms with Crippen molar-refractivity contribution < 1.29 is 23.3 Å². The smallest absolute Gasteiger partial charge is 0.166 e. The maximum Gasteiger partial charge on any atom is 0.166 e. The number of hydrogen-bond acceptors (Lipinski definition) is 8. The quantitative estimate of drug-likeness (QED) is 0.446. The van der Waals surface area contributed by atoms with Gasteiger partial charge < -0.3 is 24.3 Å². The number of halogens is 4. The second-order valence-electron chi connectivity index (χ2n) is 8.08. The molecular weight excluding hydrogens is 522 g/mol. The first kappa shape index (κ1) is 25.9. The number of hydrogen-bond donors (Lipinski definition) is 1. The molecule has 2 aliphatic rings. The fraction of sp³-hybridized carbons (Fsp3) is 0.391. The largest absolute Gasteiger partial charge is 0.493 e. The summed E-state index contributed by atoms with van der Waals surface area (Å²) in [4.78, 5) is 11.0. The lowest BCUT2D eigenvalue weighted by Gasteiger charge is -2.41. The van der Waals surface area contributed by atoms with Gasteiger partial charge in [0.1, 0.15) is 24.9 Å². The van der Waals surface area contributed by atoms with Crippen molar-refractivity contribution in [1.29, 1.82) is 0 Å². The van der Waals surface area contributed by atoms with E-state index in [0.717, 1.165) is 19.7 Å². The van der Waals surface area contributed by atoms with E-state index in [1.807, 2.05) is 0 Å². The van der Waals surface area contributed by atoms with Crippen molar-refractivity contribution in [2.24, 2.45) is 0 Å². The van der Waals surface area contributed by atoms with Crippen LogP contribution in [0.15, 0.2) is 30.6 Å². The molecule has 2 aliphatic heterocycles. The maximum absolute atomic E-state index is 14.5. The molecule has 35 heavy (non-hydrogen) atoms. The minimum atomic E-state index is -0.664. The molecule has 8 nitrogen and oxygen atoms in total. The van der Waals surface area contributed by atoms with Gasteiger partial charge in [-0.3, -0.25) is 4.90 Å². The van der Waals surface area contributed by atoms with Crippen molar-refractivity contribution in [3.05, 3.63) is 46.5 Å². The molecule has 0 unspecified atom stereocenters. The number of rotatable bonds is 6. The Bertz CT molecular complexity index is 1210. The van der Waals surface area contributed by atoms with E-state index in [2.05, 4.69) is 20.2 Å². The third kappa shape index (κ3) is 5.50. The number of nitrogens with zero attached hydrogens (tertiary/aromatic N) is 3. The third-order valence-electron chi connectivity index (χ3n) is 5.95. The molecule has 2 saturated heterocycles. The normalized spacial score (nSPS) is 20.1. The zero-order valence-corrected chi connectivity index (χ0v) is 21.1. The van der Waals surface area contributed by atoms with E-state index in [-0.39, 0.29) is 34.2 Å². The molecule has 0 aliphatic carbocycles. The molecule has 0 saturated carbocycles. The Hall–Kier alpha value is -2.14. The topological polar surface area (TPSA) is 78.0 Å². The van der Waals surface area contributed by atoms with Crippen LogP contribution in [0.4, 0.5) is 15.9 Å². The van der Waals surface area contributed by atoms with Crippen LogP contribution in [-0.4, -0.2) is 73.6 Å². The Morgan fingerprint density at radius 3 is 2.89 bits per heavy atom. The molecular formula is C23H24Cl3FN4O4. The van der Waals surface area contributed by atoms with Gasteiger partial charge in [-0.25, -0.2) is 14.4 Å². The summed E-state index contributed by atoms with van der Waals surface area (Å²) in [5.74, 6) is 0.761. The van der Waals surface area contributed by atoms with Crippen LogP contribution < -0.4 is 14.8 Å². The number of aromatic nitrogens is 2. The summed E-state index contributed by atoms with van der Waals surface area (Å²) < 4.78 is 37.7. The van der Waals surface area contributed by atoms with Crippen LogP contribution in [0.5, 0.6) is 11.5 Å². The van der Waals surface area contributed by atoms with Gasteiger partial charge in [0.05, 0.1) is 54.2 Å². The van der Waals surface area contributed by atoms with Crippen molar-refractivity contribution in [1.82, 2.24) is 14.9 Å². The molecule has 12 heteroatoms. The molecule has 1 aromatic heterocycles. The van der Waals surface area contributed by atoms with Gasteiger partial charge in [0, 0.05) is 24.5 Å². The summed E-state index contributed by atoms with van der Waals surface area (Å²) in [6, 6.07) is 6.84. The predicted molar refractivity (Wildman–Crippen MR) is 134 cm³/mol. The first-order chi connectivity index (χ1) is 16.5. The lowest BCUT2D eigenvalue weighted by atomic mass is 10.1. The van der Waals surface area contributed by atoms with Crippen molar-refractivity contribution in [3.8, 4) is 11.5 Å². The number of fused-ring (bicyclic) bond motifs is 2. The lowest BCUT2D eigenvalue weighted by Crippen LogP contribution is -2.56. The number of benzene rings is 2. The van der Waals surface area contributed by atoms with E-state index in [1.54, 1.807) is 19.2 Å². The van der Waals surface area contributed by atoms with Crippen LogP contribution in [0.1, 0.15) is 0 Å². The Morgan fingerprint density at radius 1 is 1.20 bits per heavy atom. The van der Waals surface area contributed by atoms with Crippen molar-refractivity contribution >= 4 is 58.0 Å². The SMILES string of the molecule is COc1cc2c(Nc3ccc(Cl)c(Cl)c3F)ncnc2cc1OC[C@@H]1CN2CCOC[C@H]2CO1.Cl. The first-order valence-corrected chi connectivity index (χ1v) is 11.6. The highest BCUT2D eigenvalue weighted by Gasteiger charge is 2.31. The van der Waals surface area contributed by atoms with Crippen molar-refractivity contribution in [2.75, 3.05) is 51.9 Å². The molecule has 0 amide bonds. The van der Waals surface area contributed by atoms with E-state index >= 15 is 0 Å². The summed E-state index contributed by atoms with van der Waals surface area (Å²) in [5, 5.41) is 3.56. The number of morpholine rings is 2. The molecule has 188 valence electrons. The van der Waals surface area contributed by atoms with E-state index in [1.165, 1.54) is 18.5 Å². The van der Waals surface area contributed by atoms with Crippen LogP contribution in [0, 0.1) is 5.82 Å². The fourth-order valence-electron chi connectivity index (χ4n) is 4.11. The van der Waals surface area contributed by atoms with Crippen LogP contribution >= 0.6 is 35.6 Å². The Labute approximate surface area is 218 Å². The average molecular weight is 546 g/mol. The Balaban J connectivity index is 0.00000289. The maximum atomic E-state index is 14.5. The molecule has 3 aromatic rings. The summed E-state index contributed by atoms with van der Waals surface area (Å²) in [6.45, 7) is 4.12. The van der Waals surface area contributed by atoms with E-state index in [4.69, 9.17) is 42.1 Å².